The van der Waals surface area contributed by atoms with Crippen LogP contribution in [-0.2, 0) is 10.8 Å². The van der Waals surface area contributed by atoms with Crippen LogP contribution in [0.1, 0.15) is 13.8 Å². The van der Waals surface area contributed by atoms with E-state index >= 15 is 0 Å². The number of aliphatic hydroxyl groups is 1. The van der Waals surface area contributed by atoms with Crippen molar-refractivity contribution in [2.45, 2.75) is 25.2 Å². The number of hydrogen-bond acceptors (Lipinski definition) is 2. The topological polar surface area (TPSA) is 37.3 Å². The van der Waals surface area contributed by atoms with E-state index in [0.717, 1.165) is 0 Å². The molecule has 0 heterocycles. The van der Waals surface area contributed by atoms with Crippen molar-refractivity contribution in [2.24, 2.45) is 0 Å². The first-order chi connectivity index (χ1) is 4.59. The Balaban J connectivity index is 3.71. The summed E-state index contributed by atoms with van der Waals surface area (Å²) in [6.45, 7) is 3.39. The molecule has 1 N–H and O–H groups in total. The molecular formula is C6H13ClO2S. The van der Waals surface area contributed by atoms with Crippen molar-refractivity contribution in [1.29, 1.82) is 0 Å². The lowest BCUT2D eigenvalue weighted by Crippen LogP contribution is -2.26. The molecule has 2 nitrogen and oxygen atoms in total. The second-order valence-corrected chi connectivity index (χ2v) is 4.51. The van der Waals surface area contributed by atoms with Gasteiger partial charge in [-0.05, 0) is 13.8 Å². The van der Waals surface area contributed by atoms with E-state index in [2.05, 4.69) is 0 Å². The van der Waals surface area contributed by atoms with Crippen molar-refractivity contribution in [3.8, 4) is 0 Å². The second kappa shape index (κ2) is 5.10. The molecule has 0 radical (unpaired) electrons. The Hall–Kier alpha value is 0.400. The molecular weight excluding hydrogens is 172 g/mol. The summed E-state index contributed by atoms with van der Waals surface area (Å²) in [6, 6.07) is 0. The Kier molecular flexibility index (Phi) is 5.31. The number of rotatable bonds is 4. The number of hydrogen-bond donors (Lipinski definition) is 1. The molecule has 62 valence electrons. The minimum absolute atomic E-state index is 0.168. The second-order valence-electron chi connectivity index (χ2n) is 2.22. The van der Waals surface area contributed by atoms with Gasteiger partial charge >= 0.3 is 0 Å². The molecule has 0 aromatic heterocycles. The highest BCUT2D eigenvalue weighted by Crippen LogP contribution is 2.01. The van der Waals surface area contributed by atoms with Crippen LogP contribution in [0.2, 0.25) is 0 Å². The van der Waals surface area contributed by atoms with E-state index in [4.69, 9.17) is 16.7 Å². The van der Waals surface area contributed by atoms with Crippen molar-refractivity contribution in [3.63, 3.8) is 0 Å². The van der Waals surface area contributed by atoms with Crippen LogP contribution in [0.5, 0.6) is 0 Å². The van der Waals surface area contributed by atoms with Crippen LogP contribution in [0.4, 0.5) is 0 Å². The summed E-state index contributed by atoms with van der Waals surface area (Å²) in [5.74, 6) is 0.858. The monoisotopic (exact) mass is 184 g/mol. The molecule has 0 spiro atoms. The molecule has 0 aromatic rings. The average molecular weight is 185 g/mol. The van der Waals surface area contributed by atoms with E-state index in [-0.39, 0.29) is 5.25 Å². The van der Waals surface area contributed by atoms with Crippen molar-refractivity contribution >= 4 is 22.4 Å². The maximum Gasteiger partial charge on any atom is 0.0652 e. The summed E-state index contributed by atoms with van der Waals surface area (Å²) in [5.41, 5.74) is 0. The summed E-state index contributed by atoms with van der Waals surface area (Å²) in [6.07, 6.45) is -0.510. The van der Waals surface area contributed by atoms with Crippen LogP contribution in [-0.4, -0.2) is 32.3 Å². The molecule has 4 heteroatoms. The lowest BCUT2D eigenvalue weighted by molar-refractivity contribution is 0.194. The van der Waals surface area contributed by atoms with Gasteiger partial charge in [0.25, 0.3) is 0 Å². The molecule has 0 bridgehead atoms. The van der Waals surface area contributed by atoms with Crippen molar-refractivity contribution in [3.05, 3.63) is 0 Å². The van der Waals surface area contributed by atoms with Crippen molar-refractivity contribution in [2.75, 3.05) is 11.6 Å². The minimum Gasteiger partial charge on any atom is -0.392 e. The van der Waals surface area contributed by atoms with Gasteiger partial charge in [-0.15, -0.1) is 11.6 Å². The summed E-state index contributed by atoms with van der Waals surface area (Å²) in [7, 11) is -0.977. The lowest BCUT2D eigenvalue weighted by atomic mass is 10.3. The number of alkyl halides is 1. The average Bonchev–Trinajstić information content (AvgIpc) is 1.87. The SMILES string of the molecule is C[C@H]([C@@H](C)O)[S@@](=O)CCCl. The quantitative estimate of drug-likeness (QED) is 0.655. The predicted octanol–water partition coefficient (Wildman–Crippen LogP) is 0.743. The van der Waals surface area contributed by atoms with Gasteiger partial charge in [-0.3, -0.25) is 4.21 Å². The fourth-order valence-electron chi connectivity index (χ4n) is 0.482. The smallest absolute Gasteiger partial charge is 0.0652 e. The van der Waals surface area contributed by atoms with E-state index in [1.807, 2.05) is 0 Å². The van der Waals surface area contributed by atoms with Crippen LogP contribution in [0.25, 0.3) is 0 Å². The zero-order valence-corrected chi connectivity index (χ0v) is 7.78. The van der Waals surface area contributed by atoms with E-state index in [9.17, 15) is 4.21 Å². The Morgan fingerprint density at radius 1 is 1.60 bits per heavy atom. The molecule has 0 saturated carbocycles. The van der Waals surface area contributed by atoms with Gasteiger partial charge in [0.1, 0.15) is 0 Å². The van der Waals surface area contributed by atoms with Gasteiger partial charge < -0.3 is 5.11 Å². The molecule has 10 heavy (non-hydrogen) atoms. The molecule has 0 aromatic carbocycles. The highest BCUT2D eigenvalue weighted by Gasteiger charge is 2.15. The van der Waals surface area contributed by atoms with E-state index in [1.165, 1.54) is 0 Å². The zero-order chi connectivity index (χ0) is 8.15. The van der Waals surface area contributed by atoms with Crippen molar-refractivity contribution < 1.29 is 9.32 Å². The Bertz CT molecular complexity index is 116. The maximum absolute atomic E-state index is 11.1. The maximum atomic E-state index is 11.1. The van der Waals surface area contributed by atoms with Gasteiger partial charge in [-0.1, -0.05) is 0 Å². The van der Waals surface area contributed by atoms with E-state index < -0.39 is 16.9 Å². The predicted molar refractivity (Wildman–Crippen MR) is 44.9 cm³/mol. The third-order valence-corrected chi connectivity index (χ3v) is 3.62. The molecule has 3 atom stereocenters. The first-order valence-electron chi connectivity index (χ1n) is 3.20. The van der Waals surface area contributed by atoms with E-state index in [0.29, 0.717) is 11.6 Å². The summed E-state index contributed by atoms with van der Waals surface area (Å²) in [4.78, 5) is 0. The fourth-order valence-corrected chi connectivity index (χ4v) is 1.90. The van der Waals surface area contributed by atoms with Gasteiger partial charge in [0.05, 0.1) is 11.4 Å². The zero-order valence-electron chi connectivity index (χ0n) is 6.21. The third kappa shape index (κ3) is 3.54. The molecule has 0 aliphatic rings. The molecule has 0 amide bonds. The van der Waals surface area contributed by atoms with Gasteiger partial charge in [-0.2, -0.15) is 0 Å². The largest absolute Gasteiger partial charge is 0.392 e. The Labute approximate surface area is 69.0 Å². The van der Waals surface area contributed by atoms with Gasteiger partial charge in [0, 0.05) is 22.4 Å². The number of aliphatic hydroxyl groups excluding tert-OH is 1. The molecule has 0 unspecified atom stereocenters. The highest BCUT2D eigenvalue weighted by atomic mass is 35.5. The summed E-state index contributed by atoms with van der Waals surface area (Å²) >= 11 is 5.37. The number of halogens is 1. The third-order valence-electron chi connectivity index (χ3n) is 1.37. The fraction of sp³-hybridized carbons (Fsp3) is 1.00. The first-order valence-corrected chi connectivity index (χ1v) is 5.12. The van der Waals surface area contributed by atoms with Crippen LogP contribution in [0, 0.1) is 0 Å². The van der Waals surface area contributed by atoms with Gasteiger partial charge in [-0.25, -0.2) is 0 Å². The van der Waals surface area contributed by atoms with Crippen molar-refractivity contribution in [1.82, 2.24) is 0 Å². The molecule has 0 saturated heterocycles. The first kappa shape index (κ1) is 10.4. The van der Waals surface area contributed by atoms with Crippen LogP contribution in [0.3, 0.4) is 0 Å². The van der Waals surface area contributed by atoms with Crippen LogP contribution in [0.15, 0.2) is 0 Å². The molecule has 0 aliphatic carbocycles. The minimum atomic E-state index is -0.977. The standard InChI is InChI=1S/C6H13ClO2S/c1-5(8)6(2)10(9)4-3-7/h5-6,8H,3-4H2,1-2H3/t5-,6-,10+/m1/s1. The highest BCUT2D eigenvalue weighted by molar-refractivity contribution is 7.85. The van der Waals surface area contributed by atoms with Crippen LogP contribution >= 0.6 is 11.6 Å². The van der Waals surface area contributed by atoms with Gasteiger partial charge in [0.2, 0.25) is 0 Å². The Morgan fingerprint density at radius 2 is 2.10 bits per heavy atom. The lowest BCUT2D eigenvalue weighted by Gasteiger charge is -2.12. The molecule has 0 fully saturated rings. The molecule has 0 aliphatic heterocycles. The summed E-state index contributed by atoms with van der Waals surface area (Å²) in [5, 5.41) is 8.81. The molecule has 0 rings (SSSR count). The van der Waals surface area contributed by atoms with Gasteiger partial charge in [0.15, 0.2) is 0 Å². The van der Waals surface area contributed by atoms with Crippen LogP contribution < -0.4 is 0 Å². The normalized spacial score (nSPS) is 20.0. The van der Waals surface area contributed by atoms with E-state index in [1.54, 1.807) is 13.8 Å². The summed E-state index contributed by atoms with van der Waals surface area (Å²) < 4.78 is 11.1. The Morgan fingerprint density at radius 3 is 2.40 bits per heavy atom.